The monoisotopic (exact) mass is 282 g/mol. The van der Waals surface area contributed by atoms with E-state index in [0.717, 1.165) is 18.5 Å². The van der Waals surface area contributed by atoms with Crippen molar-refractivity contribution in [3.05, 3.63) is 38.9 Å². The first-order chi connectivity index (χ1) is 9.11. The molecule has 1 fully saturated rings. The lowest BCUT2D eigenvalue weighted by Gasteiger charge is -2.35. The van der Waals surface area contributed by atoms with Crippen LogP contribution < -0.4 is 0 Å². The minimum atomic E-state index is -0.368. The lowest BCUT2D eigenvalue weighted by molar-refractivity contribution is -0.384. The van der Waals surface area contributed by atoms with Crippen molar-refractivity contribution in [2.75, 3.05) is 6.54 Å². The summed E-state index contributed by atoms with van der Waals surface area (Å²) in [6.45, 7) is 3.95. The smallest absolute Gasteiger partial charge is 0.269 e. The normalized spacial score (nSPS) is 20.4. The highest BCUT2D eigenvalue weighted by Crippen LogP contribution is 2.27. The molecular formula is C14H19ClN2O2. The van der Waals surface area contributed by atoms with E-state index in [1.54, 1.807) is 12.1 Å². The molecule has 0 saturated carbocycles. The van der Waals surface area contributed by atoms with Crippen LogP contribution in [0.4, 0.5) is 5.69 Å². The van der Waals surface area contributed by atoms with E-state index < -0.39 is 0 Å². The van der Waals surface area contributed by atoms with Crippen molar-refractivity contribution < 1.29 is 4.92 Å². The second-order valence-corrected chi connectivity index (χ2v) is 5.47. The summed E-state index contributed by atoms with van der Waals surface area (Å²) >= 11 is 6.16. The lowest BCUT2D eigenvalue weighted by Crippen LogP contribution is -2.38. The van der Waals surface area contributed by atoms with Crippen LogP contribution in [0, 0.1) is 10.1 Å². The van der Waals surface area contributed by atoms with E-state index >= 15 is 0 Å². The number of non-ortho nitro benzene ring substituents is 1. The Morgan fingerprint density at radius 1 is 1.47 bits per heavy atom. The molecule has 1 saturated heterocycles. The number of hydrogen-bond acceptors (Lipinski definition) is 3. The van der Waals surface area contributed by atoms with Gasteiger partial charge >= 0.3 is 0 Å². The fourth-order valence-electron chi connectivity index (χ4n) is 2.75. The van der Waals surface area contributed by atoms with Gasteiger partial charge in [0, 0.05) is 29.7 Å². The highest BCUT2D eigenvalue weighted by Gasteiger charge is 2.22. The maximum atomic E-state index is 10.8. The molecule has 1 atom stereocenters. The summed E-state index contributed by atoms with van der Waals surface area (Å²) in [7, 11) is 0. The number of hydrogen-bond donors (Lipinski definition) is 0. The summed E-state index contributed by atoms with van der Waals surface area (Å²) in [6, 6.07) is 5.26. The van der Waals surface area contributed by atoms with Gasteiger partial charge in [-0.05, 0) is 37.4 Å². The number of benzene rings is 1. The van der Waals surface area contributed by atoms with Crippen LogP contribution in [-0.2, 0) is 6.54 Å². The topological polar surface area (TPSA) is 46.4 Å². The van der Waals surface area contributed by atoms with Gasteiger partial charge in [0.1, 0.15) is 0 Å². The van der Waals surface area contributed by atoms with Crippen molar-refractivity contribution in [2.24, 2.45) is 0 Å². The molecule has 1 aliphatic rings. The van der Waals surface area contributed by atoms with E-state index in [0.29, 0.717) is 17.6 Å². The standard InChI is InChI=1S/C14H19ClN2O2/c1-2-12-5-3-4-8-16(12)10-11-9-13(17(18)19)6-7-14(11)15/h6-7,9,12H,2-5,8,10H2,1H3. The number of rotatable bonds is 4. The fourth-order valence-corrected chi connectivity index (χ4v) is 2.92. The third kappa shape index (κ3) is 3.45. The molecule has 4 nitrogen and oxygen atoms in total. The lowest BCUT2D eigenvalue weighted by atomic mass is 9.99. The minimum Gasteiger partial charge on any atom is -0.296 e. The molecule has 1 unspecified atom stereocenters. The van der Waals surface area contributed by atoms with Crippen molar-refractivity contribution in [3.8, 4) is 0 Å². The SMILES string of the molecule is CCC1CCCCN1Cc1cc([N+](=O)[O-])ccc1Cl. The number of nitro groups is 1. The molecule has 1 heterocycles. The highest BCUT2D eigenvalue weighted by atomic mass is 35.5. The molecule has 0 aromatic heterocycles. The maximum absolute atomic E-state index is 10.8. The van der Waals surface area contributed by atoms with Gasteiger partial charge in [-0.3, -0.25) is 15.0 Å². The van der Waals surface area contributed by atoms with Crippen LogP contribution in [0.25, 0.3) is 0 Å². The van der Waals surface area contributed by atoms with Crippen molar-refractivity contribution in [1.29, 1.82) is 0 Å². The molecule has 0 spiro atoms. The quantitative estimate of drug-likeness (QED) is 0.619. The predicted molar refractivity (Wildman–Crippen MR) is 76.4 cm³/mol. The van der Waals surface area contributed by atoms with E-state index in [2.05, 4.69) is 11.8 Å². The van der Waals surface area contributed by atoms with E-state index in [-0.39, 0.29) is 10.6 Å². The second-order valence-electron chi connectivity index (χ2n) is 5.06. The number of halogens is 1. The highest BCUT2D eigenvalue weighted by molar-refractivity contribution is 6.31. The van der Waals surface area contributed by atoms with Crippen LogP contribution in [0.2, 0.25) is 5.02 Å². The van der Waals surface area contributed by atoms with Crippen molar-refractivity contribution >= 4 is 17.3 Å². The summed E-state index contributed by atoms with van der Waals surface area (Å²) in [5.41, 5.74) is 0.973. The molecule has 19 heavy (non-hydrogen) atoms. The minimum absolute atomic E-state index is 0.115. The number of likely N-dealkylation sites (tertiary alicyclic amines) is 1. The molecule has 0 radical (unpaired) electrons. The zero-order chi connectivity index (χ0) is 13.8. The van der Waals surface area contributed by atoms with Crippen molar-refractivity contribution in [3.63, 3.8) is 0 Å². The Kier molecular flexibility index (Phi) is 4.77. The van der Waals surface area contributed by atoms with E-state index in [4.69, 9.17) is 11.6 Å². The van der Waals surface area contributed by atoms with Gasteiger partial charge in [0.15, 0.2) is 0 Å². The molecule has 0 aliphatic carbocycles. The average molecular weight is 283 g/mol. The maximum Gasteiger partial charge on any atom is 0.269 e. The van der Waals surface area contributed by atoms with E-state index in [9.17, 15) is 10.1 Å². The molecule has 2 rings (SSSR count). The first-order valence-electron chi connectivity index (χ1n) is 6.78. The third-order valence-electron chi connectivity index (χ3n) is 3.83. The van der Waals surface area contributed by atoms with Crippen LogP contribution in [-0.4, -0.2) is 22.4 Å². The van der Waals surface area contributed by atoms with Gasteiger partial charge < -0.3 is 0 Å². The Morgan fingerprint density at radius 2 is 2.26 bits per heavy atom. The van der Waals surface area contributed by atoms with Gasteiger partial charge in [0.2, 0.25) is 0 Å². The zero-order valence-corrected chi connectivity index (χ0v) is 11.9. The molecule has 0 bridgehead atoms. The summed E-state index contributed by atoms with van der Waals surface area (Å²) in [5.74, 6) is 0. The first-order valence-corrected chi connectivity index (χ1v) is 7.16. The van der Waals surface area contributed by atoms with Crippen molar-refractivity contribution in [1.82, 2.24) is 4.90 Å². The van der Waals surface area contributed by atoms with Crippen LogP contribution in [0.5, 0.6) is 0 Å². The summed E-state index contributed by atoms with van der Waals surface area (Å²) in [5, 5.41) is 11.4. The third-order valence-corrected chi connectivity index (χ3v) is 4.20. The Balaban J connectivity index is 2.17. The van der Waals surface area contributed by atoms with Gasteiger partial charge in [-0.25, -0.2) is 0 Å². The summed E-state index contributed by atoms with van der Waals surface area (Å²) in [6.07, 6.45) is 4.80. The Morgan fingerprint density at radius 3 is 2.95 bits per heavy atom. The molecular weight excluding hydrogens is 264 g/mol. The van der Waals surface area contributed by atoms with Crippen LogP contribution >= 0.6 is 11.6 Å². The summed E-state index contributed by atoms with van der Waals surface area (Å²) in [4.78, 5) is 12.9. The number of nitrogens with zero attached hydrogens (tertiary/aromatic N) is 2. The van der Waals surface area contributed by atoms with E-state index in [1.165, 1.54) is 25.3 Å². The summed E-state index contributed by atoms with van der Waals surface area (Å²) < 4.78 is 0. The van der Waals surface area contributed by atoms with Gasteiger partial charge in [-0.15, -0.1) is 0 Å². The molecule has 0 N–H and O–H groups in total. The first kappa shape index (κ1) is 14.3. The molecule has 1 aromatic carbocycles. The van der Waals surface area contributed by atoms with Crippen LogP contribution in [0.3, 0.4) is 0 Å². The van der Waals surface area contributed by atoms with Gasteiger partial charge in [-0.1, -0.05) is 24.9 Å². The molecule has 1 aromatic rings. The van der Waals surface area contributed by atoms with E-state index in [1.807, 2.05) is 0 Å². The second kappa shape index (κ2) is 6.35. The molecule has 0 amide bonds. The fraction of sp³-hybridized carbons (Fsp3) is 0.571. The van der Waals surface area contributed by atoms with Gasteiger partial charge in [0.05, 0.1) is 4.92 Å². The van der Waals surface area contributed by atoms with Crippen LogP contribution in [0.15, 0.2) is 18.2 Å². The van der Waals surface area contributed by atoms with Gasteiger partial charge in [0.25, 0.3) is 5.69 Å². The molecule has 5 heteroatoms. The predicted octanol–water partition coefficient (Wildman–Crippen LogP) is 4.01. The zero-order valence-electron chi connectivity index (χ0n) is 11.1. The van der Waals surface area contributed by atoms with Gasteiger partial charge in [-0.2, -0.15) is 0 Å². The molecule has 104 valence electrons. The Hall–Kier alpha value is -1.13. The number of piperidine rings is 1. The largest absolute Gasteiger partial charge is 0.296 e. The Labute approximate surface area is 118 Å². The van der Waals surface area contributed by atoms with Crippen LogP contribution in [0.1, 0.15) is 38.2 Å². The van der Waals surface area contributed by atoms with Crippen molar-refractivity contribution in [2.45, 2.75) is 45.2 Å². The average Bonchev–Trinajstić information content (AvgIpc) is 2.41. The molecule has 1 aliphatic heterocycles. The number of nitro benzene ring substituents is 1. The Bertz CT molecular complexity index is 465.